The van der Waals surface area contributed by atoms with Crippen molar-refractivity contribution in [2.45, 2.75) is 10.8 Å². The van der Waals surface area contributed by atoms with Crippen molar-refractivity contribution in [1.29, 1.82) is 0 Å². The van der Waals surface area contributed by atoms with Crippen LogP contribution in [0.1, 0.15) is 44.5 Å². The number of para-hydroxylation sites is 4. The fourth-order valence-corrected chi connectivity index (χ4v) is 18.3. The molecule has 0 atom stereocenters. The first-order valence-corrected chi connectivity index (χ1v) is 37.1. The lowest BCUT2D eigenvalue weighted by molar-refractivity contribution is 0.793. The van der Waals surface area contributed by atoms with E-state index in [0.29, 0.717) is 0 Å². The molecule has 4 aliphatic rings. The lowest BCUT2D eigenvalue weighted by Gasteiger charge is -2.32. The van der Waals surface area contributed by atoms with E-state index in [1.165, 1.54) is 89.0 Å². The van der Waals surface area contributed by atoms with Crippen LogP contribution in [0.3, 0.4) is 0 Å². The first-order chi connectivity index (χ1) is 53.6. The number of fused-ring (bicyclic) bond motifs is 20. The first-order valence-electron chi connectivity index (χ1n) is 37.1. The molecule has 4 aliphatic carbocycles. The number of benzene rings is 16. The standard InChI is InChI=1S/C102H68N6/c1-5-25-71(26-6-1)105(72-27-7-2-8-28-72)77-53-57-79(58-54-77)107(81-61-63-89-87-37-17-23-43-95(87)101(97(89)67-81)91-39-19-13-33-83(91)84-34-14-20-40-92(84)101)75-49-45-69(46-50-75)99-100(104-66-65-103-99)70-47-51-76(52-48-70)108(80-59-55-78(56-60-80)106(73-29-9-3-10-30-73)74-31-11-4-12-32-74)82-62-64-90-88-38-18-24-44-96(88)102(98(90)68-82)93-41-21-15-35-85(93)86-36-16-22-42-94(86)102/h1-68H. The third-order valence-corrected chi connectivity index (χ3v) is 22.8. The van der Waals surface area contributed by atoms with Crippen LogP contribution in [-0.4, -0.2) is 9.97 Å². The van der Waals surface area contributed by atoms with Crippen molar-refractivity contribution in [3.8, 4) is 67.0 Å². The van der Waals surface area contributed by atoms with Gasteiger partial charge in [-0.1, -0.05) is 255 Å². The molecule has 506 valence electrons. The molecule has 0 radical (unpaired) electrons. The highest BCUT2D eigenvalue weighted by Gasteiger charge is 2.53. The van der Waals surface area contributed by atoms with Crippen molar-refractivity contribution in [3.63, 3.8) is 0 Å². The molecule has 0 saturated carbocycles. The Morgan fingerprint density at radius 1 is 0.157 bits per heavy atom. The maximum atomic E-state index is 5.17. The summed E-state index contributed by atoms with van der Waals surface area (Å²) in [7, 11) is 0. The highest BCUT2D eigenvalue weighted by molar-refractivity contribution is 5.99. The summed E-state index contributed by atoms with van der Waals surface area (Å²) in [6, 6.07) is 147. The molecule has 0 bridgehead atoms. The third-order valence-electron chi connectivity index (χ3n) is 22.8. The molecule has 0 unspecified atom stereocenters. The zero-order valence-electron chi connectivity index (χ0n) is 58.9. The molecule has 17 aromatic rings. The second-order valence-corrected chi connectivity index (χ2v) is 28.3. The molecule has 108 heavy (non-hydrogen) atoms. The smallest absolute Gasteiger partial charge is 0.0965 e. The van der Waals surface area contributed by atoms with E-state index in [9.17, 15) is 0 Å². The van der Waals surface area contributed by atoms with Gasteiger partial charge < -0.3 is 19.6 Å². The molecule has 6 heteroatoms. The fraction of sp³-hybridized carbons (Fsp3) is 0.0196. The lowest BCUT2D eigenvalue weighted by Crippen LogP contribution is -2.26. The third kappa shape index (κ3) is 9.60. The minimum absolute atomic E-state index is 0.521. The van der Waals surface area contributed by atoms with Crippen molar-refractivity contribution in [3.05, 3.63) is 457 Å². The number of rotatable bonds is 14. The average molecular weight is 1380 g/mol. The molecule has 1 heterocycles. The monoisotopic (exact) mass is 1380 g/mol. The fourth-order valence-electron chi connectivity index (χ4n) is 18.3. The Labute approximate surface area is 629 Å². The lowest BCUT2D eigenvalue weighted by atomic mass is 9.70. The number of hydrogen-bond acceptors (Lipinski definition) is 6. The molecule has 6 nitrogen and oxygen atoms in total. The molecule has 2 spiro atoms. The number of hydrogen-bond donors (Lipinski definition) is 0. The molecule has 0 fully saturated rings. The van der Waals surface area contributed by atoms with Gasteiger partial charge in [0.05, 0.1) is 22.2 Å². The number of aromatic nitrogens is 2. The van der Waals surface area contributed by atoms with Crippen LogP contribution < -0.4 is 19.6 Å². The summed E-state index contributed by atoms with van der Waals surface area (Å²) in [5.41, 5.74) is 35.6. The Morgan fingerprint density at radius 2 is 0.343 bits per heavy atom. The van der Waals surface area contributed by atoms with E-state index in [1.807, 2.05) is 12.4 Å². The van der Waals surface area contributed by atoms with Crippen molar-refractivity contribution < 1.29 is 0 Å². The van der Waals surface area contributed by atoms with Crippen molar-refractivity contribution in [1.82, 2.24) is 9.97 Å². The van der Waals surface area contributed by atoms with E-state index < -0.39 is 10.8 Å². The maximum Gasteiger partial charge on any atom is 0.0965 e. The van der Waals surface area contributed by atoms with Crippen LogP contribution in [0.25, 0.3) is 67.0 Å². The summed E-state index contributed by atoms with van der Waals surface area (Å²) in [6.07, 6.45) is 3.62. The highest BCUT2D eigenvalue weighted by Crippen LogP contribution is 2.65. The van der Waals surface area contributed by atoms with Gasteiger partial charge in [0, 0.05) is 91.8 Å². The van der Waals surface area contributed by atoms with E-state index >= 15 is 0 Å². The van der Waals surface area contributed by atoms with Crippen LogP contribution in [0.4, 0.5) is 68.2 Å². The predicted molar refractivity (Wildman–Crippen MR) is 444 cm³/mol. The summed E-state index contributed by atoms with van der Waals surface area (Å²) in [6.45, 7) is 0. The van der Waals surface area contributed by atoms with Gasteiger partial charge in [0.15, 0.2) is 0 Å². The Kier molecular flexibility index (Phi) is 14.6. The van der Waals surface area contributed by atoms with E-state index in [0.717, 1.165) is 90.8 Å². The van der Waals surface area contributed by atoms with Gasteiger partial charge in [-0.15, -0.1) is 0 Å². The molecule has 0 amide bonds. The summed E-state index contributed by atoms with van der Waals surface area (Å²) in [5, 5.41) is 0. The van der Waals surface area contributed by atoms with Gasteiger partial charge in [-0.3, -0.25) is 9.97 Å². The zero-order valence-corrected chi connectivity index (χ0v) is 58.9. The first kappa shape index (κ1) is 62.4. The van der Waals surface area contributed by atoms with Crippen LogP contribution in [0.15, 0.2) is 413 Å². The molecule has 16 aromatic carbocycles. The second-order valence-electron chi connectivity index (χ2n) is 28.3. The zero-order chi connectivity index (χ0) is 71.3. The maximum absolute atomic E-state index is 5.17. The van der Waals surface area contributed by atoms with Crippen LogP contribution in [0, 0.1) is 0 Å². The molecule has 0 aliphatic heterocycles. The van der Waals surface area contributed by atoms with E-state index in [2.05, 4.69) is 420 Å². The quantitative estimate of drug-likeness (QED) is 0.108. The molecular formula is C102H68N6. The second kappa shape index (κ2) is 25.3. The van der Waals surface area contributed by atoms with Gasteiger partial charge >= 0.3 is 0 Å². The largest absolute Gasteiger partial charge is 0.311 e. The summed E-state index contributed by atoms with van der Waals surface area (Å²) in [4.78, 5) is 19.8. The molecule has 0 N–H and O–H groups in total. The Hall–Kier alpha value is -14.2. The van der Waals surface area contributed by atoms with Crippen LogP contribution >= 0.6 is 0 Å². The van der Waals surface area contributed by atoms with Gasteiger partial charge in [-0.2, -0.15) is 0 Å². The molecule has 0 saturated heterocycles. The van der Waals surface area contributed by atoms with Crippen molar-refractivity contribution in [2.75, 3.05) is 19.6 Å². The van der Waals surface area contributed by atoms with Gasteiger partial charge in [0.1, 0.15) is 0 Å². The van der Waals surface area contributed by atoms with Crippen LogP contribution in [0.2, 0.25) is 0 Å². The molecule has 1 aromatic heterocycles. The minimum Gasteiger partial charge on any atom is -0.311 e. The van der Waals surface area contributed by atoms with Crippen molar-refractivity contribution in [2.24, 2.45) is 0 Å². The van der Waals surface area contributed by atoms with Gasteiger partial charge in [0.25, 0.3) is 0 Å². The predicted octanol–water partition coefficient (Wildman–Crippen LogP) is 26.4. The molecular weight excluding hydrogens is 1310 g/mol. The average Bonchev–Trinajstić information content (AvgIpc) is 1.51. The SMILES string of the molecule is c1ccc(N(c2ccccc2)c2ccc(N(c3ccc(-c4nccnc4-c4ccc(N(c5ccc(N(c6ccccc6)c6ccccc6)cc5)c5ccc6c(c5)C5(c7ccccc7-c7ccccc75)c5ccccc5-6)cc4)cc3)c3ccc4c(c3)C3(c5ccccc5-c5ccccc53)c3ccccc3-4)cc2)cc1. The topological polar surface area (TPSA) is 38.7 Å². The van der Waals surface area contributed by atoms with E-state index in [4.69, 9.17) is 9.97 Å². The highest BCUT2D eigenvalue weighted by atomic mass is 15.2. The number of nitrogens with zero attached hydrogens (tertiary/aromatic N) is 6. The van der Waals surface area contributed by atoms with Gasteiger partial charge in [-0.25, -0.2) is 0 Å². The van der Waals surface area contributed by atoms with Crippen molar-refractivity contribution >= 4 is 68.2 Å². The Bertz CT molecular complexity index is 5710. The van der Waals surface area contributed by atoms with Gasteiger partial charge in [0.2, 0.25) is 0 Å². The normalized spacial score (nSPS) is 13.0. The Morgan fingerprint density at radius 3 is 0.593 bits per heavy atom. The van der Waals surface area contributed by atoms with Crippen LogP contribution in [0.5, 0.6) is 0 Å². The number of anilines is 12. The Balaban J connectivity index is 0.677. The van der Waals surface area contributed by atoms with Crippen LogP contribution in [-0.2, 0) is 10.8 Å². The van der Waals surface area contributed by atoms with E-state index in [1.54, 1.807) is 0 Å². The van der Waals surface area contributed by atoms with Gasteiger partial charge in [-0.05, 0) is 235 Å². The van der Waals surface area contributed by atoms with E-state index in [-0.39, 0.29) is 0 Å². The molecule has 21 rings (SSSR count). The summed E-state index contributed by atoms with van der Waals surface area (Å²) in [5.74, 6) is 0. The summed E-state index contributed by atoms with van der Waals surface area (Å²) < 4.78 is 0. The summed E-state index contributed by atoms with van der Waals surface area (Å²) >= 11 is 0. The minimum atomic E-state index is -0.521.